The second kappa shape index (κ2) is 4.04. The third-order valence-corrected chi connectivity index (χ3v) is 2.41. The van der Waals surface area contributed by atoms with E-state index in [4.69, 9.17) is 0 Å². The fourth-order valence-electron chi connectivity index (χ4n) is 1.13. The highest BCUT2D eigenvalue weighted by atomic mass is 127. The molecule has 0 aromatic carbocycles. The first-order chi connectivity index (χ1) is 6.79. The zero-order valence-corrected chi connectivity index (χ0v) is 9.84. The van der Waals surface area contributed by atoms with Crippen molar-refractivity contribution in [2.24, 2.45) is 0 Å². The number of hydrogen-bond donors (Lipinski definition) is 0. The maximum absolute atomic E-state index is 4.18. The van der Waals surface area contributed by atoms with Crippen LogP contribution in [0.2, 0.25) is 0 Å². The largest absolute Gasteiger partial charge is 0.241 e. The summed E-state index contributed by atoms with van der Waals surface area (Å²) in [7, 11) is 0. The Kier molecular flexibility index (Phi) is 2.76. The van der Waals surface area contributed by atoms with Crippen LogP contribution < -0.4 is 0 Å². The van der Waals surface area contributed by atoms with Gasteiger partial charge in [0.05, 0.1) is 9.77 Å². The molecule has 0 unspecified atom stereocenters. The van der Waals surface area contributed by atoms with Gasteiger partial charge in [-0.25, -0.2) is 14.6 Å². The quantitative estimate of drug-likeness (QED) is 0.795. The van der Waals surface area contributed by atoms with Crippen LogP contribution in [0.25, 0.3) is 5.82 Å². The molecule has 72 valence electrons. The topological polar surface area (TPSA) is 43.6 Å². The van der Waals surface area contributed by atoms with Gasteiger partial charge in [0, 0.05) is 18.0 Å². The van der Waals surface area contributed by atoms with Crippen LogP contribution in [0.3, 0.4) is 0 Å². The Hall–Kier alpha value is -0.980. The summed E-state index contributed by atoms with van der Waals surface area (Å²) in [5.41, 5.74) is 1.03. The van der Waals surface area contributed by atoms with Gasteiger partial charge < -0.3 is 0 Å². The SMILES string of the molecule is CCc1cc(-n2cc(I)cn2)ncn1. The second-order valence-electron chi connectivity index (χ2n) is 2.82. The summed E-state index contributed by atoms with van der Waals surface area (Å²) in [6.45, 7) is 2.07. The predicted molar refractivity (Wildman–Crippen MR) is 61.2 cm³/mol. The number of aryl methyl sites for hydroxylation is 1. The lowest BCUT2D eigenvalue weighted by atomic mass is 10.3. The highest BCUT2D eigenvalue weighted by Crippen LogP contribution is 2.07. The monoisotopic (exact) mass is 300 g/mol. The van der Waals surface area contributed by atoms with E-state index < -0.39 is 0 Å². The Morgan fingerprint density at radius 3 is 2.93 bits per heavy atom. The van der Waals surface area contributed by atoms with Crippen molar-refractivity contribution < 1.29 is 0 Å². The first-order valence-electron chi connectivity index (χ1n) is 4.31. The molecule has 14 heavy (non-hydrogen) atoms. The summed E-state index contributed by atoms with van der Waals surface area (Å²) >= 11 is 2.22. The van der Waals surface area contributed by atoms with Crippen molar-refractivity contribution in [1.82, 2.24) is 19.7 Å². The van der Waals surface area contributed by atoms with Gasteiger partial charge in [-0.1, -0.05) is 6.92 Å². The number of aromatic nitrogens is 4. The Morgan fingerprint density at radius 1 is 1.43 bits per heavy atom. The van der Waals surface area contributed by atoms with E-state index in [1.165, 1.54) is 0 Å². The van der Waals surface area contributed by atoms with Gasteiger partial charge >= 0.3 is 0 Å². The summed E-state index contributed by atoms with van der Waals surface area (Å²) in [5, 5.41) is 4.18. The van der Waals surface area contributed by atoms with Crippen LogP contribution in [0.4, 0.5) is 0 Å². The summed E-state index contributed by atoms with van der Waals surface area (Å²) in [5.74, 6) is 0.819. The minimum atomic E-state index is 0.819. The molecule has 2 aromatic rings. The third-order valence-electron chi connectivity index (χ3n) is 1.86. The van der Waals surface area contributed by atoms with Crippen molar-refractivity contribution in [1.29, 1.82) is 0 Å². The van der Waals surface area contributed by atoms with Gasteiger partial charge in [0.15, 0.2) is 5.82 Å². The molecule has 0 saturated carbocycles. The van der Waals surface area contributed by atoms with Crippen LogP contribution in [0, 0.1) is 3.57 Å². The van der Waals surface area contributed by atoms with E-state index in [1.54, 1.807) is 17.2 Å². The van der Waals surface area contributed by atoms with E-state index in [1.807, 2.05) is 12.3 Å². The smallest absolute Gasteiger partial charge is 0.156 e. The average Bonchev–Trinajstić information content (AvgIpc) is 2.65. The van der Waals surface area contributed by atoms with Gasteiger partial charge in [-0.15, -0.1) is 0 Å². The molecule has 0 aliphatic carbocycles. The average molecular weight is 300 g/mol. The van der Waals surface area contributed by atoms with Crippen molar-refractivity contribution in [3.05, 3.63) is 34.1 Å². The van der Waals surface area contributed by atoms with Crippen LogP contribution in [0.15, 0.2) is 24.8 Å². The van der Waals surface area contributed by atoms with E-state index in [2.05, 4.69) is 44.6 Å². The van der Waals surface area contributed by atoms with Crippen LogP contribution in [0.5, 0.6) is 0 Å². The summed E-state index contributed by atoms with van der Waals surface area (Å²) in [6, 6.07) is 1.95. The standard InChI is InChI=1S/C9H9IN4/c1-2-8-3-9(12-6-11-8)14-5-7(10)4-13-14/h3-6H,2H2,1H3. The van der Waals surface area contributed by atoms with Crippen molar-refractivity contribution in [2.75, 3.05) is 0 Å². The van der Waals surface area contributed by atoms with E-state index in [0.29, 0.717) is 0 Å². The Morgan fingerprint density at radius 2 is 2.29 bits per heavy atom. The summed E-state index contributed by atoms with van der Waals surface area (Å²) in [4.78, 5) is 8.29. The molecular formula is C9H9IN4. The molecule has 0 spiro atoms. The van der Waals surface area contributed by atoms with Crippen LogP contribution in [-0.4, -0.2) is 19.7 Å². The fraction of sp³-hybridized carbons (Fsp3) is 0.222. The minimum absolute atomic E-state index is 0.819. The summed E-state index contributed by atoms with van der Waals surface area (Å²) < 4.78 is 2.85. The molecule has 2 rings (SSSR count). The molecule has 2 aromatic heterocycles. The van der Waals surface area contributed by atoms with Gasteiger partial charge in [-0.05, 0) is 29.0 Å². The number of hydrogen-bond acceptors (Lipinski definition) is 3. The van der Waals surface area contributed by atoms with E-state index in [-0.39, 0.29) is 0 Å². The van der Waals surface area contributed by atoms with Crippen LogP contribution >= 0.6 is 22.6 Å². The van der Waals surface area contributed by atoms with Crippen molar-refractivity contribution in [3.63, 3.8) is 0 Å². The van der Waals surface area contributed by atoms with Gasteiger partial charge in [0.25, 0.3) is 0 Å². The first kappa shape index (κ1) is 9.57. The Labute approximate surface area is 95.5 Å². The normalized spacial score (nSPS) is 10.4. The van der Waals surface area contributed by atoms with Crippen molar-refractivity contribution >= 4 is 22.6 Å². The zero-order chi connectivity index (χ0) is 9.97. The molecule has 0 atom stereocenters. The summed E-state index contributed by atoms with van der Waals surface area (Å²) in [6.07, 6.45) is 6.22. The molecule has 0 fully saturated rings. The second-order valence-corrected chi connectivity index (χ2v) is 4.07. The molecule has 2 heterocycles. The Balaban J connectivity index is 2.41. The molecule has 0 bridgehead atoms. The lowest BCUT2D eigenvalue weighted by Crippen LogP contribution is -2.00. The molecule has 0 radical (unpaired) electrons. The van der Waals surface area contributed by atoms with Crippen LogP contribution in [-0.2, 0) is 6.42 Å². The van der Waals surface area contributed by atoms with Crippen molar-refractivity contribution in [2.45, 2.75) is 13.3 Å². The molecule has 4 nitrogen and oxygen atoms in total. The van der Waals surface area contributed by atoms with Gasteiger partial charge in [-0.3, -0.25) is 0 Å². The molecule has 5 heteroatoms. The maximum atomic E-state index is 4.18. The lowest BCUT2D eigenvalue weighted by molar-refractivity contribution is 0.828. The molecule has 0 amide bonds. The number of rotatable bonds is 2. The van der Waals surface area contributed by atoms with Gasteiger partial charge in [0.2, 0.25) is 0 Å². The molecule has 0 aliphatic rings. The minimum Gasteiger partial charge on any atom is -0.241 e. The Bertz CT molecular complexity index is 438. The molecular weight excluding hydrogens is 291 g/mol. The maximum Gasteiger partial charge on any atom is 0.156 e. The van der Waals surface area contributed by atoms with Crippen LogP contribution in [0.1, 0.15) is 12.6 Å². The van der Waals surface area contributed by atoms with E-state index >= 15 is 0 Å². The third kappa shape index (κ3) is 1.92. The molecule has 0 aliphatic heterocycles. The molecule has 0 saturated heterocycles. The fourth-order valence-corrected chi connectivity index (χ4v) is 1.52. The number of halogens is 1. The lowest BCUT2D eigenvalue weighted by Gasteiger charge is -2.00. The van der Waals surface area contributed by atoms with E-state index in [9.17, 15) is 0 Å². The highest BCUT2D eigenvalue weighted by molar-refractivity contribution is 14.1. The zero-order valence-electron chi connectivity index (χ0n) is 7.68. The van der Waals surface area contributed by atoms with Gasteiger partial charge in [0.1, 0.15) is 6.33 Å². The van der Waals surface area contributed by atoms with E-state index in [0.717, 1.165) is 21.5 Å². The van der Waals surface area contributed by atoms with Gasteiger partial charge in [-0.2, -0.15) is 5.10 Å². The first-order valence-corrected chi connectivity index (χ1v) is 5.39. The molecule has 0 N–H and O–H groups in total. The number of nitrogens with zero attached hydrogens (tertiary/aromatic N) is 4. The van der Waals surface area contributed by atoms with Crippen molar-refractivity contribution in [3.8, 4) is 5.82 Å². The predicted octanol–water partition coefficient (Wildman–Crippen LogP) is 1.83. The highest BCUT2D eigenvalue weighted by Gasteiger charge is 2.01.